The van der Waals surface area contributed by atoms with E-state index < -0.39 is 11.4 Å². The third kappa shape index (κ3) is 3.10. The third-order valence-corrected chi connectivity index (χ3v) is 2.62. The first-order valence-corrected chi connectivity index (χ1v) is 5.50. The Morgan fingerprint density at radius 2 is 2.31 bits per heavy atom. The standard InChI is InChI=1S/C10H14BrN3O2/c1-10(2,9(15)16)5-14-7-3-6(11)4-13-8(7)12/h3-4,14H,5H2,1-2H3,(H2,12,13)(H,15,16). The number of halogens is 1. The maximum atomic E-state index is 10.9. The fraction of sp³-hybridized carbons (Fsp3) is 0.400. The molecular formula is C10H14BrN3O2. The average molecular weight is 288 g/mol. The van der Waals surface area contributed by atoms with Crippen LogP contribution in [0.25, 0.3) is 0 Å². The Hall–Kier alpha value is -1.30. The molecular weight excluding hydrogens is 274 g/mol. The Balaban J connectivity index is 2.75. The molecule has 0 amide bonds. The lowest BCUT2D eigenvalue weighted by molar-refractivity contribution is -0.146. The van der Waals surface area contributed by atoms with E-state index in [9.17, 15) is 4.79 Å². The van der Waals surface area contributed by atoms with Gasteiger partial charge in [0.1, 0.15) is 5.82 Å². The van der Waals surface area contributed by atoms with Gasteiger partial charge < -0.3 is 16.2 Å². The summed E-state index contributed by atoms with van der Waals surface area (Å²) in [6.07, 6.45) is 1.59. The number of aromatic nitrogens is 1. The zero-order valence-electron chi connectivity index (χ0n) is 9.12. The molecule has 1 aromatic heterocycles. The number of nitrogens with two attached hydrogens (primary N) is 1. The molecule has 0 spiro atoms. The molecule has 6 heteroatoms. The van der Waals surface area contributed by atoms with E-state index in [-0.39, 0.29) is 6.54 Å². The number of nitrogens with zero attached hydrogens (tertiary/aromatic N) is 1. The second kappa shape index (κ2) is 4.69. The van der Waals surface area contributed by atoms with E-state index in [1.807, 2.05) is 0 Å². The molecule has 88 valence electrons. The van der Waals surface area contributed by atoms with E-state index in [4.69, 9.17) is 10.8 Å². The van der Waals surface area contributed by atoms with Crippen molar-refractivity contribution in [2.24, 2.45) is 5.41 Å². The summed E-state index contributed by atoms with van der Waals surface area (Å²) in [5.41, 5.74) is 5.43. The Morgan fingerprint density at radius 1 is 1.69 bits per heavy atom. The number of rotatable bonds is 4. The zero-order valence-corrected chi connectivity index (χ0v) is 10.7. The smallest absolute Gasteiger partial charge is 0.310 e. The minimum absolute atomic E-state index is 0.282. The number of nitrogen functional groups attached to an aromatic ring is 1. The van der Waals surface area contributed by atoms with Gasteiger partial charge in [0.15, 0.2) is 0 Å². The van der Waals surface area contributed by atoms with Crippen molar-refractivity contribution in [2.75, 3.05) is 17.6 Å². The van der Waals surface area contributed by atoms with Crippen LogP contribution in [0.4, 0.5) is 11.5 Å². The minimum atomic E-state index is -0.860. The molecule has 1 heterocycles. The van der Waals surface area contributed by atoms with Crippen LogP contribution in [0.15, 0.2) is 16.7 Å². The van der Waals surface area contributed by atoms with E-state index >= 15 is 0 Å². The second-order valence-electron chi connectivity index (χ2n) is 4.13. The number of carboxylic acids is 1. The molecule has 0 fully saturated rings. The van der Waals surface area contributed by atoms with Gasteiger partial charge in [-0.3, -0.25) is 4.79 Å². The average Bonchev–Trinajstić information content (AvgIpc) is 2.19. The number of carboxylic acid groups (broad SMARTS) is 1. The molecule has 16 heavy (non-hydrogen) atoms. The molecule has 0 bridgehead atoms. The summed E-state index contributed by atoms with van der Waals surface area (Å²) in [7, 11) is 0. The fourth-order valence-corrected chi connectivity index (χ4v) is 1.31. The van der Waals surface area contributed by atoms with Crippen molar-refractivity contribution >= 4 is 33.4 Å². The van der Waals surface area contributed by atoms with Gasteiger partial charge in [-0.2, -0.15) is 0 Å². The minimum Gasteiger partial charge on any atom is -0.481 e. The van der Waals surface area contributed by atoms with Gasteiger partial charge in [-0.15, -0.1) is 0 Å². The highest BCUT2D eigenvalue weighted by atomic mass is 79.9. The van der Waals surface area contributed by atoms with Crippen molar-refractivity contribution in [2.45, 2.75) is 13.8 Å². The molecule has 1 rings (SSSR count). The molecule has 0 aromatic carbocycles. The molecule has 1 aromatic rings. The molecule has 0 unspecified atom stereocenters. The van der Waals surface area contributed by atoms with Gasteiger partial charge in [0.2, 0.25) is 0 Å². The van der Waals surface area contributed by atoms with Gasteiger partial charge in [0.05, 0.1) is 11.1 Å². The fourth-order valence-electron chi connectivity index (χ4n) is 0.983. The van der Waals surface area contributed by atoms with Gasteiger partial charge in [-0.1, -0.05) is 0 Å². The molecule has 0 aliphatic heterocycles. The van der Waals surface area contributed by atoms with Crippen LogP contribution in [0, 0.1) is 5.41 Å². The Kier molecular flexibility index (Phi) is 3.74. The largest absolute Gasteiger partial charge is 0.481 e. The van der Waals surface area contributed by atoms with Crippen molar-refractivity contribution in [3.05, 3.63) is 16.7 Å². The highest BCUT2D eigenvalue weighted by Crippen LogP contribution is 2.23. The van der Waals surface area contributed by atoms with Crippen molar-refractivity contribution in [1.82, 2.24) is 4.98 Å². The molecule has 0 atom stereocenters. The molecule has 0 radical (unpaired) electrons. The number of hydrogen-bond acceptors (Lipinski definition) is 4. The first-order chi connectivity index (χ1) is 7.33. The van der Waals surface area contributed by atoms with Crippen molar-refractivity contribution < 1.29 is 9.90 Å². The number of hydrogen-bond donors (Lipinski definition) is 3. The van der Waals surface area contributed by atoms with Crippen LogP contribution in [-0.4, -0.2) is 22.6 Å². The zero-order chi connectivity index (χ0) is 12.3. The first kappa shape index (κ1) is 12.8. The summed E-state index contributed by atoms with van der Waals surface area (Å²) in [5.74, 6) is -0.508. The van der Waals surface area contributed by atoms with Crippen molar-refractivity contribution in [3.63, 3.8) is 0 Å². The van der Waals surface area contributed by atoms with Crippen LogP contribution >= 0.6 is 15.9 Å². The Morgan fingerprint density at radius 3 is 2.88 bits per heavy atom. The van der Waals surface area contributed by atoms with E-state index in [0.717, 1.165) is 4.47 Å². The summed E-state index contributed by atoms with van der Waals surface area (Å²) in [6.45, 7) is 3.57. The van der Waals surface area contributed by atoms with E-state index in [1.54, 1.807) is 26.1 Å². The number of anilines is 2. The normalized spacial score (nSPS) is 11.2. The second-order valence-corrected chi connectivity index (χ2v) is 5.04. The quantitative estimate of drug-likeness (QED) is 0.788. The summed E-state index contributed by atoms with van der Waals surface area (Å²) in [4.78, 5) is 14.8. The molecule has 0 aliphatic rings. The SMILES string of the molecule is CC(C)(CNc1cc(Br)cnc1N)C(=O)O. The lowest BCUT2D eigenvalue weighted by atomic mass is 9.94. The van der Waals surface area contributed by atoms with Crippen molar-refractivity contribution in [3.8, 4) is 0 Å². The van der Waals surface area contributed by atoms with Crippen LogP contribution < -0.4 is 11.1 Å². The number of aliphatic carboxylic acids is 1. The summed E-state index contributed by atoms with van der Waals surface area (Å²) in [6, 6.07) is 1.76. The van der Waals surface area contributed by atoms with Crippen LogP contribution in [0.2, 0.25) is 0 Å². The van der Waals surface area contributed by atoms with E-state index in [2.05, 4.69) is 26.2 Å². The molecule has 0 saturated heterocycles. The van der Waals surface area contributed by atoms with Crippen LogP contribution in [0.1, 0.15) is 13.8 Å². The van der Waals surface area contributed by atoms with E-state index in [1.165, 1.54) is 0 Å². The highest BCUT2D eigenvalue weighted by molar-refractivity contribution is 9.10. The lowest BCUT2D eigenvalue weighted by Gasteiger charge is -2.20. The van der Waals surface area contributed by atoms with Gasteiger partial charge in [-0.25, -0.2) is 4.98 Å². The van der Waals surface area contributed by atoms with Gasteiger partial charge in [-0.05, 0) is 35.8 Å². The molecule has 0 saturated carbocycles. The molecule has 5 nitrogen and oxygen atoms in total. The topological polar surface area (TPSA) is 88.2 Å². The monoisotopic (exact) mass is 287 g/mol. The van der Waals surface area contributed by atoms with Crippen LogP contribution in [0.3, 0.4) is 0 Å². The molecule has 0 aliphatic carbocycles. The van der Waals surface area contributed by atoms with Gasteiger partial charge >= 0.3 is 5.97 Å². The first-order valence-electron chi connectivity index (χ1n) is 4.71. The van der Waals surface area contributed by atoms with Gasteiger partial charge in [0.25, 0.3) is 0 Å². The number of nitrogens with one attached hydrogen (secondary N) is 1. The maximum Gasteiger partial charge on any atom is 0.310 e. The van der Waals surface area contributed by atoms with Crippen molar-refractivity contribution in [1.29, 1.82) is 0 Å². The van der Waals surface area contributed by atoms with Gasteiger partial charge in [0, 0.05) is 17.2 Å². The molecule has 4 N–H and O–H groups in total. The Labute approximate surface area is 102 Å². The lowest BCUT2D eigenvalue weighted by Crippen LogP contribution is -2.32. The predicted octanol–water partition coefficient (Wildman–Crippen LogP) is 1.95. The number of carbonyl (C=O) groups is 1. The summed E-state index contributed by atoms with van der Waals surface area (Å²) >= 11 is 3.27. The highest BCUT2D eigenvalue weighted by Gasteiger charge is 2.26. The van der Waals surface area contributed by atoms with E-state index in [0.29, 0.717) is 11.5 Å². The van der Waals surface area contributed by atoms with Crippen LogP contribution in [0.5, 0.6) is 0 Å². The predicted molar refractivity (Wildman–Crippen MR) is 66.3 cm³/mol. The van der Waals surface area contributed by atoms with Crippen LogP contribution in [-0.2, 0) is 4.79 Å². The maximum absolute atomic E-state index is 10.9. The Bertz CT molecular complexity index is 407. The number of pyridine rings is 1. The summed E-state index contributed by atoms with van der Waals surface area (Å²) in [5, 5.41) is 11.9. The summed E-state index contributed by atoms with van der Waals surface area (Å²) < 4.78 is 0.789. The third-order valence-electron chi connectivity index (χ3n) is 2.18.